The highest BCUT2D eigenvalue weighted by atomic mass is 32.1. The molecule has 2 N–H and O–H groups in total. The van der Waals surface area contributed by atoms with Gasteiger partial charge in [-0.3, -0.25) is 4.79 Å². The Morgan fingerprint density at radius 1 is 1.27 bits per heavy atom. The summed E-state index contributed by atoms with van der Waals surface area (Å²) in [6.45, 7) is 2.18. The van der Waals surface area contributed by atoms with Crippen molar-refractivity contribution in [1.29, 1.82) is 0 Å². The quantitative estimate of drug-likeness (QED) is 0.744. The summed E-state index contributed by atoms with van der Waals surface area (Å²) in [5.41, 5.74) is 5.14. The lowest BCUT2D eigenvalue weighted by Crippen LogP contribution is -2.48. The number of aromatic nitrogens is 1. The topological polar surface area (TPSA) is 65.5 Å². The molecule has 1 saturated heterocycles. The minimum atomic E-state index is 0.113. The molecule has 2 heterocycles. The van der Waals surface area contributed by atoms with Gasteiger partial charge in [0.1, 0.15) is 5.75 Å². The fourth-order valence-electron chi connectivity index (χ4n) is 3.37. The average molecular weight is 367 g/mol. The van der Waals surface area contributed by atoms with Crippen LogP contribution in [-0.4, -0.2) is 40.5 Å². The Balaban J connectivity index is 1.37. The van der Waals surface area contributed by atoms with Gasteiger partial charge < -0.3 is 15.3 Å². The van der Waals surface area contributed by atoms with Crippen LogP contribution in [0.1, 0.15) is 23.6 Å². The average Bonchev–Trinajstić information content (AvgIpc) is 3.14. The van der Waals surface area contributed by atoms with Crippen molar-refractivity contribution >= 4 is 27.5 Å². The summed E-state index contributed by atoms with van der Waals surface area (Å²) in [6.07, 6.45) is 1.27. The molecule has 134 valence electrons. The SMILES string of the molecule is O=C(CCc1ccc2ncsc2c1)N1CCNC(c2ccc(O)cc2)C1. The van der Waals surface area contributed by atoms with Gasteiger partial charge in [-0.25, -0.2) is 4.98 Å². The van der Waals surface area contributed by atoms with Gasteiger partial charge in [-0.2, -0.15) is 0 Å². The number of nitrogens with one attached hydrogen (secondary N) is 1. The lowest BCUT2D eigenvalue weighted by atomic mass is 10.0. The Bertz CT molecular complexity index is 907. The van der Waals surface area contributed by atoms with Gasteiger partial charge in [0, 0.05) is 32.1 Å². The van der Waals surface area contributed by atoms with Crippen molar-refractivity contribution in [3.05, 3.63) is 59.1 Å². The van der Waals surface area contributed by atoms with E-state index in [0.29, 0.717) is 13.0 Å². The van der Waals surface area contributed by atoms with Crippen LogP contribution >= 0.6 is 11.3 Å². The van der Waals surface area contributed by atoms with Crippen LogP contribution in [0.25, 0.3) is 10.2 Å². The zero-order valence-electron chi connectivity index (χ0n) is 14.4. The van der Waals surface area contributed by atoms with Gasteiger partial charge in [0.25, 0.3) is 0 Å². The van der Waals surface area contributed by atoms with E-state index < -0.39 is 0 Å². The van der Waals surface area contributed by atoms with Crippen molar-refractivity contribution in [3.63, 3.8) is 0 Å². The summed E-state index contributed by atoms with van der Waals surface area (Å²) in [5, 5.41) is 12.9. The van der Waals surface area contributed by atoms with Crippen LogP contribution in [-0.2, 0) is 11.2 Å². The van der Waals surface area contributed by atoms with Gasteiger partial charge in [-0.15, -0.1) is 11.3 Å². The number of benzene rings is 2. The summed E-state index contributed by atoms with van der Waals surface area (Å²) in [4.78, 5) is 18.9. The van der Waals surface area contributed by atoms with Gasteiger partial charge in [-0.1, -0.05) is 18.2 Å². The van der Waals surface area contributed by atoms with Crippen molar-refractivity contribution in [3.8, 4) is 5.75 Å². The molecule has 5 nitrogen and oxygen atoms in total. The lowest BCUT2D eigenvalue weighted by molar-refractivity contribution is -0.132. The molecule has 0 aliphatic carbocycles. The smallest absolute Gasteiger partial charge is 0.223 e. The minimum Gasteiger partial charge on any atom is -0.508 e. The normalized spacial score (nSPS) is 17.5. The van der Waals surface area contributed by atoms with Gasteiger partial charge >= 0.3 is 0 Å². The summed E-state index contributed by atoms with van der Waals surface area (Å²) in [7, 11) is 0. The molecule has 1 aromatic heterocycles. The third-order valence-corrected chi connectivity index (χ3v) is 5.64. The molecule has 1 unspecified atom stereocenters. The Morgan fingerprint density at radius 2 is 2.12 bits per heavy atom. The molecule has 2 aromatic carbocycles. The number of phenolic OH excluding ortho intramolecular Hbond substituents is 1. The number of thiazole rings is 1. The molecule has 3 aromatic rings. The molecular formula is C20H21N3O2S. The molecule has 1 aliphatic heterocycles. The zero-order valence-corrected chi connectivity index (χ0v) is 15.2. The Morgan fingerprint density at radius 3 is 2.96 bits per heavy atom. The molecule has 1 amide bonds. The lowest BCUT2D eigenvalue weighted by Gasteiger charge is -2.34. The monoisotopic (exact) mass is 367 g/mol. The first kappa shape index (κ1) is 17.0. The number of hydrogen-bond donors (Lipinski definition) is 2. The molecular weight excluding hydrogens is 346 g/mol. The van der Waals surface area contributed by atoms with E-state index in [0.717, 1.165) is 30.6 Å². The van der Waals surface area contributed by atoms with Crippen molar-refractivity contribution in [1.82, 2.24) is 15.2 Å². The maximum Gasteiger partial charge on any atom is 0.223 e. The number of piperazine rings is 1. The number of fused-ring (bicyclic) bond motifs is 1. The molecule has 6 heteroatoms. The first-order valence-corrected chi connectivity index (χ1v) is 9.69. The van der Waals surface area contributed by atoms with Crippen molar-refractivity contribution in [2.24, 2.45) is 0 Å². The third-order valence-electron chi connectivity index (χ3n) is 4.85. The number of phenols is 1. The number of carbonyl (C=O) groups is 1. The number of nitrogens with zero attached hydrogens (tertiary/aromatic N) is 2. The molecule has 26 heavy (non-hydrogen) atoms. The molecule has 0 bridgehead atoms. The molecule has 0 radical (unpaired) electrons. The predicted octanol–water partition coefficient (Wildman–Crippen LogP) is 3.11. The largest absolute Gasteiger partial charge is 0.508 e. The number of carbonyl (C=O) groups excluding carboxylic acids is 1. The Hall–Kier alpha value is -2.44. The van der Waals surface area contributed by atoms with E-state index in [2.05, 4.69) is 22.4 Å². The summed E-state index contributed by atoms with van der Waals surface area (Å²) in [6, 6.07) is 13.5. The molecule has 1 aliphatic rings. The zero-order chi connectivity index (χ0) is 17.9. The van der Waals surface area contributed by atoms with E-state index in [-0.39, 0.29) is 17.7 Å². The highest BCUT2D eigenvalue weighted by Crippen LogP contribution is 2.22. The first-order valence-electron chi connectivity index (χ1n) is 8.81. The fraction of sp³-hybridized carbons (Fsp3) is 0.300. The number of aromatic hydroxyl groups is 1. The van der Waals surface area contributed by atoms with Crippen molar-refractivity contribution in [2.45, 2.75) is 18.9 Å². The molecule has 0 saturated carbocycles. The van der Waals surface area contributed by atoms with Crippen LogP contribution in [0.3, 0.4) is 0 Å². The second kappa shape index (κ2) is 7.43. The van der Waals surface area contributed by atoms with E-state index in [9.17, 15) is 9.90 Å². The van der Waals surface area contributed by atoms with Crippen LogP contribution in [0.4, 0.5) is 0 Å². The van der Waals surface area contributed by atoms with E-state index in [1.165, 1.54) is 10.3 Å². The second-order valence-corrected chi connectivity index (χ2v) is 7.48. The van der Waals surface area contributed by atoms with Gasteiger partial charge in [-0.05, 0) is 41.8 Å². The van der Waals surface area contributed by atoms with E-state index in [1.807, 2.05) is 28.6 Å². The molecule has 1 fully saturated rings. The van der Waals surface area contributed by atoms with Gasteiger partial charge in [0.15, 0.2) is 0 Å². The first-order chi connectivity index (χ1) is 12.7. The van der Waals surface area contributed by atoms with Crippen molar-refractivity contribution in [2.75, 3.05) is 19.6 Å². The minimum absolute atomic E-state index is 0.113. The summed E-state index contributed by atoms with van der Waals surface area (Å²) < 4.78 is 1.17. The number of rotatable bonds is 4. The number of hydrogen-bond acceptors (Lipinski definition) is 5. The highest BCUT2D eigenvalue weighted by molar-refractivity contribution is 7.16. The summed E-state index contributed by atoms with van der Waals surface area (Å²) >= 11 is 1.63. The fourth-order valence-corrected chi connectivity index (χ4v) is 4.11. The number of amides is 1. The van der Waals surface area contributed by atoms with Crippen LogP contribution in [0.2, 0.25) is 0 Å². The third kappa shape index (κ3) is 3.71. The maximum absolute atomic E-state index is 12.7. The van der Waals surface area contributed by atoms with Crippen LogP contribution in [0.5, 0.6) is 5.75 Å². The van der Waals surface area contributed by atoms with Crippen LogP contribution in [0, 0.1) is 0 Å². The van der Waals surface area contributed by atoms with Crippen LogP contribution in [0.15, 0.2) is 48.0 Å². The van der Waals surface area contributed by atoms with E-state index >= 15 is 0 Å². The Labute approximate surface area is 156 Å². The van der Waals surface area contributed by atoms with Gasteiger partial charge in [0.05, 0.1) is 15.7 Å². The number of aryl methyl sites for hydroxylation is 1. The second-order valence-electron chi connectivity index (χ2n) is 6.59. The van der Waals surface area contributed by atoms with Crippen LogP contribution < -0.4 is 5.32 Å². The van der Waals surface area contributed by atoms with Crippen molar-refractivity contribution < 1.29 is 9.90 Å². The molecule has 4 rings (SSSR count). The summed E-state index contributed by atoms with van der Waals surface area (Å²) in [5.74, 6) is 0.454. The van der Waals surface area contributed by atoms with E-state index in [1.54, 1.807) is 23.5 Å². The maximum atomic E-state index is 12.7. The predicted molar refractivity (Wildman–Crippen MR) is 103 cm³/mol. The van der Waals surface area contributed by atoms with Gasteiger partial charge in [0.2, 0.25) is 5.91 Å². The molecule has 1 atom stereocenters. The standard InChI is InChI=1S/C20H21N3O2S/c24-16-5-3-15(4-6-16)18-12-23(10-9-21-18)20(25)8-2-14-1-7-17-19(11-14)26-13-22-17/h1,3-7,11,13,18,21,24H,2,8-10,12H2. The Kier molecular flexibility index (Phi) is 4.86. The van der Waals surface area contributed by atoms with E-state index in [4.69, 9.17) is 0 Å². The molecule has 0 spiro atoms. The highest BCUT2D eigenvalue weighted by Gasteiger charge is 2.24.